The van der Waals surface area contributed by atoms with Gasteiger partial charge in [-0.1, -0.05) is 37.6 Å². The Bertz CT molecular complexity index is 363. The predicted molar refractivity (Wildman–Crippen MR) is 70.2 cm³/mol. The number of aliphatic carboxylic acids is 1. The van der Waals surface area contributed by atoms with E-state index in [-0.39, 0.29) is 0 Å². The Hall–Kier alpha value is -1.31. The average Bonchev–Trinajstić information content (AvgIpc) is 2.27. The highest BCUT2D eigenvalue weighted by Crippen LogP contribution is 2.22. The zero-order valence-electron chi connectivity index (χ0n) is 11.0. The van der Waals surface area contributed by atoms with Crippen molar-refractivity contribution in [1.82, 2.24) is 0 Å². The molecular weight excluding hydrogens is 212 g/mol. The molecule has 0 saturated heterocycles. The third kappa shape index (κ3) is 4.22. The molecule has 2 nitrogen and oxygen atoms in total. The molecule has 0 saturated carbocycles. The van der Waals surface area contributed by atoms with Crippen LogP contribution in [-0.4, -0.2) is 11.1 Å². The Morgan fingerprint density at radius 1 is 1.18 bits per heavy atom. The molecule has 0 unspecified atom stereocenters. The predicted octanol–water partition coefficient (Wildman–Crippen LogP) is 3.68. The van der Waals surface area contributed by atoms with Crippen LogP contribution in [-0.2, 0) is 17.6 Å². The molecule has 94 valence electrons. The minimum absolute atomic E-state index is 0.580. The maximum absolute atomic E-state index is 11.0. The first-order chi connectivity index (χ1) is 7.95. The maximum Gasteiger partial charge on any atom is 0.309 e. The second-order valence-electron chi connectivity index (χ2n) is 5.29. The summed E-state index contributed by atoms with van der Waals surface area (Å²) in [5, 5.41) is 9.07. The Kier molecular flexibility index (Phi) is 4.73. The van der Waals surface area contributed by atoms with E-state index in [1.54, 1.807) is 13.8 Å². The summed E-state index contributed by atoms with van der Waals surface area (Å²) in [6.07, 6.45) is 4.10. The molecule has 0 spiro atoms. The lowest BCUT2D eigenvalue weighted by Gasteiger charge is -2.19. The van der Waals surface area contributed by atoms with E-state index in [4.69, 9.17) is 5.11 Å². The summed E-state index contributed by atoms with van der Waals surface area (Å²) in [5.41, 5.74) is 1.74. The minimum Gasteiger partial charge on any atom is -0.481 e. The number of benzene rings is 1. The summed E-state index contributed by atoms with van der Waals surface area (Å²) in [4.78, 5) is 11.0. The summed E-state index contributed by atoms with van der Waals surface area (Å²) < 4.78 is 0. The number of unbranched alkanes of at least 4 members (excludes halogenated alkanes) is 1. The Morgan fingerprint density at radius 3 is 2.18 bits per heavy atom. The molecule has 0 atom stereocenters. The molecule has 2 heteroatoms. The Morgan fingerprint density at radius 2 is 1.71 bits per heavy atom. The van der Waals surface area contributed by atoms with Crippen LogP contribution in [0.15, 0.2) is 24.3 Å². The van der Waals surface area contributed by atoms with Gasteiger partial charge in [-0.05, 0) is 44.2 Å². The quantitative estimate of drug-likeness (QED) is 0.815. The topological polar surface area (TPSA) is 37.3 Å². The van der Waals surface area contributed by atoms with Gasteiger partial charge >= 0.3 is 5.97 Å². The molecule has 1 aromatic carbocycles. The molecule has 0 aromatic heterocycles. The van der Waals surface area contributed by atoms with Crippen LogP contribution in [0.2, 0.25) is 0 Å². The third-order valence-electron chi connectivity index (χ3n) is 3.07. The molecule has 0 bridgehead atoms. The number of carboxylic acid groups (broad SMARTS) is 1. The van der Waals surface area contributed by atoms with Gasteiger partial charge in [0.15, 0.2) is 0 Å². The van der Waals surface area contributed by atoms with Gasteiger partial charge < -0.3 is 5.11 Å². The maximum atomic E-state index is 11.0. The molecule has 0 heterocycles. The van der Waals surface area contributed by atoms with Gasteiger partial charge in [0.25, 0.3) is 0 Å². The molecule has 0 aliphatic heterocycles. The van der Waals surface area contributed by atoms with Crippen LogP contribution in [0.4, 0.5) is 0 Å². The number of carbonyl (C=O) groups is 1. The van der Waals surface area contributed by atoms with Gasteiger partial charge in [0, 0.05) is 0 Å². The number of carboxylic acids is 1. The summed E-state index contributed by atoms with van der Waals surface area (Å²) in [6, 6.07) is 8.33. The molecule has 0 fully saturated rings. The van der Waals surface area contributed by atoms with Gasteiger partial charge in [0.1, 0.15) is 0 Å². The monoisotopic (exact) mass is 234 g/mol. The van der Waals surface area contributed by atoms with E-state index in [1.165, 1.54) is 18.4 Å². The van der Waals surface area contributed by atoms with Crippen LogP contribution in [0.1, 0.15) is 44.7 Å². The molecule has 0 aliphatic carbocycles. The zero-order chi connectivity index (χ0) is 12.9. The fourth-order valence-corrected chi connectivity index (χ4v) is 1.79. The molecule has 0 radical (unpaired) electrons. The van der Waals surface area contributed by atoms with E-state index < -0.39 is 11.4 Å². The van der Waals surface area contributed by atoms with E-state index in [0.29, 0.717) is 6.42 Å². The molecule has 17 heavy (non-hydrogen) atoms. The van der Waals surface area contributed by atoms with E-state index in [9.17, 15) is 4.79 Å². The van der Waals surface area contributed by atoms with Gasteiger partial charge in [0.05, 0.1) is 5.41 Å². The first-order valence-electron chi connectivity index (χ1n) is 6.27. The van der Waals surface area contributed by atoms with Crippen molar-refractivity contribution in [2.24, 2.45) is 5.41 Å². The Balaban J connectivity index is 2.65. The number of aryl methyl sites for hydroxylation is 1. The fourth-order valence-electron chi connectivity index (χ4n) is 1.79. The molecule has 0 aliphatic rings. The van der Waals surface area contributed by atoms with Gasteiger partial charge in [-0.3, -0.25) is 4.79 Å². The van der Waals surface area contributed by atoms with E-state index in [0.717, 1.165) is 12.0 Å². The number of rotatable bonds is 6. The van der Waals surface area contributed by atoms with Crippen LogP contribution < -0.4 is 0 Å². The van der Waals surface area contributed by atoms with Crippen molar-refractivity contribution < 1.29 is 9.90 Å². The van der Waals surface area contributed by atoms with Crippen molar-refractivity contribution in [3.05, 3.63) is 35.4 Å². The van der Waals surface area contributed by atoms with Gasteiger partial charge in [-0.25, -0.2) is 0 Å². The van der Waals surface area contributed by atoms with E-state index in [2.05, 4.69) is 31.2 Å². The SMILES string of the molecule is CCCCc1ccc(CC(C)(C)C(=O)O)cc1. The van der Waals surface area contributed by atoms with Crippen molar-refractivity contribution in [2.75, 3.05) is 0 Å². The standard InChI is InChI=1S/C15H22O2/c1-4-5-6-12-7-9-13(10-8-12)11-15(2,3)14(16)17/h7-10H,4-6,11H2,1-3H3,(H,16,17). The van der Waals surface area contributed by atoms with Gasteiger partial charge in [-0.2, -0.15) is 0 Å². The van der Waals surface area contributed by atoms with Gasteiger partial charge in [-0.15, -0.1) is 0 Å². The van der Waals surface area contributed by atoms with Crippen LogP contribution in [0.25, 0.3) is 0 Å². The molecule has 1 rings (SSSR count). The largest absolute Gasteiger partial charge is 0.481 e. The van der Waals surface area contributed by atoms with Crippen LogP contribution in [0.5, 0.6) is 0 Å². The number of hydrogen-bond acceptors (Lipinski definition) is 1. The second kappa shape index (κ2) is 5.85. The fraction of sp³-hybridized carbons (Fsp3) is 0.533. The lowest BCUT2D eigenvalue weighted by Crippen LogP contribution is -2.26. The molecular formula is C15H22O2. The minimum atomic E-state index is -0.743. The van der Waals surface area contributed by atoms with Crippen LogP contribution >= 0.6 is 0 Å². The van der Waals surface area contributed by atoms with Crippen molar-refractivity contribution >= 4 is 5.97 Å². The highest BCUT2D eigenvalue weighted by Gasteiger charge is 2.27. The van der Waals surface area contributed by atoms with Crippen molar-refractivity contribution in [3.8, 4) is 0 Å². The highest BCUT2D eigenvalue weighted by atomic mass is 16.4. The summed E-state index contributed by atoms with van der Waals surface area (Å²) in [7, 11) is 0. The summed E-state index contributed by atoms with van der Waals surface area (Å²) >= 11 is 0. The van der Waals surface area contributed by atoms with E-state index >= 15 is 0 Å². The molecule has 0 amide bonds. The van der Waals surface area contributed by atoms with Crippen molar-refractivity contribution in [2.45, 2.75) is 46.5 Å². The second-order valence-corrected chi connectivity index (χ2v) is 5.29. The zero-order valence-corrected chi connectivity index (χ0v) is 11.0. The first-order valence-corrected chi connectivity index (χ1v) is 6.27. The van der Waals surface area contributed by atoms with Crippen molar-refractivity contribution in [3.63, 3.8) is 0 Å². The van der Waals surface area contributed by atoms with Crippen LogP contribution in [0, 0.1) is 5.41 Å². The Labute approximate surface area is 104 Å². The van der Waals surface area contributed by atoms with Crippen LogP contribution in [0.3, 0.4) is 0 Å². The van der Waals surface area contributed by atoms with Crippen molar-refractivity contribution in [1.29, 1.82) is 0 Å². The van der Waals surface area contributed by atoms with E-state index in [1.807, 2.05) is 0 Å². The third-order valence-corrected chi connectivity index (χ3v) is 3.07. The lowest BCUT2D eigenvalue weighted by molar-refractivity contribution is -0.146. The normalized spacial score (nSPS) is 11.5. The first kappa shape index (κ1) is 13.8. The highest BCUT2D eigenvalue weighted by molar-refractivity contribution is 5.74. The smallest absolute Gasteiger partial charge is 0.309 e. The molecule has 1 N–H and O–H groups in total. The average molecular weight is 234 g/mol. The lowest BCUT2D eigenvalue weighted by atomic mass is 9.85. The summed E-state index contributed by atoms with van der Waals surface area (Å²) in [5.74, 6) is -0.743. The number of hydrogen-bond donors (Lipinski definition) is 1. The summed E-state index contributed by atoms with van der Waals surface area (Å²) in [6.45, 7) is 5.71. The van der Waals surface area contributed by atoms with Gasteiger partial charge in [0.2, 0.25) is 0 Å². The molecule has 1 aromatic rings.